The zero-order valence-electron chi connectivity index (χ0n) is 21.9. The lowest BCUT2D eigenvalue weighted by atomic mass is 9.92. The first-order chi connectivity index (χ1) is 18.3. The quantitative estimate of drug-likeness (QED) is 0.292. The summed E-state index contributed by atoms with van der Waals surface area (Å²) in [5.74, 6) is 0.605. The Hall–Kier alpha value is -4.34. The van der Waals surface area contributed by atoms with Gasteiger partial charge in [0.25, 0.3) is 0 Å². The monoisotopic (exact) mass is 509 g/mol. The number of aromatic nitrogens is 7. The number of fused-ring (bicyclic) bond motifs is 2. The highest BCUT2D eigenvalue weighted by Crippen LogP contribution is 2.32. The van der Waals surface area contributed by atoms with Crippen LogP contribution in [0.2, 0.25) is 0 Å². The van der Waals surface area contributed by atoms with E-state index in [1.54, 1.807) is 18.6 Å². The Kier molecular flexibility index (Phi) is 6.01. The van der Waals surface area contributed by atoms with E-state index in [2.05, 4.69) is 40.3 Å². The Labute approximate surface area is 220 Å². The molecule has 10 heteroatoms. The lowest BCUT2D eigenvalue weighted by Crippen LogP contribution is -2.29. The number of carbonyl (C=O) groups excluding carboxylic acids is 1. The zero-order valence-corrected chi connectivity index (χ0v) is 21.9. The molecule has 0 aliphatic carbocycles. The molecule has 0 radical (unpaired) electrons. The summed E-state index contributed by atoms with van der Waals surface area (Å²) in [7, 11) is 0. The first-order valence-corrected chi connectivity index (χ1v) is 13.0. The van der Waals surface area contributed by atoms with E-state index in [0.29, 0.717) is 29.3 Å². The van der Waals surface area contributed by atoms with Gasteiger partial charge in [0.1, 0.15) is 11.2 Å². The van der Waals surface area contributed by atoms with Gasteiger partial charge < -0.3 is 15.2 Å². The molecule has 5 aromatic rings. The zero-order chi connectivity index (χ0) is 26.3. The van der Waals surface area contributed by atoms with Gasteiger partial charge in [-0.3, -0.25) is 14.9 Å². The van der Waals surface area contributed by atoms with Crippen molar-refractivity contribution in [3.05, 3.63) is 43.0 Å². The average molecular weight is 510 g/mol. The molecular weight excluding hydrogens is 478 g/mol. The molecule has 6 heterocycles. The number of rotatable bonds is 5. The van der Waals surface area contributed by atoms with E-state index in [1.807, 2.05) is 45.2 Å². The van der Waals surface area contributed by atoms with Gasteiger partial charge in [0, 0.05) is 49.2 Å². The number of hydrogen-bond acceptors (Lipinski definition) is 7. The molecule has 3 N–H and O–H groups in total. The first kappa shape index (κ1) is 24.0. The van der Waals surface area contributed by atoms with Crippen LogP contribution in [0.25, 0.3) is 44.8 Å². The van der Waals surface area contributed by atoms with Gasteiger partial charge in [-0.05, 0) is 42.9 Å². The number of H-pyrrole nitrogens is 2. The molecule has 0 unspecified atom stereocenters. The van der Waals surface area contributed by atoms with Gasteiger partial charge >= 0.3 is 0 Å². The van der Waals surface area contributed by atoms with E-state index in [-0.39, 0.29) is 11.3 Å². The highest BCUT2D eigenvalue weighted by molar-refractivity contribution is 5.95. The molecule has 10 nitrogen and oxygen atoms in total. The summed E-state index contributed by atoms with van der Waals surface area (Å²) < 4.78 is 0. The van der Waals surface area contributed by atoms with E-state index in [0.717, 1.165) is 46.5 Å². The number of piperidine rings is 1. The van der Waals surface area contributed by atoms with Crippen molar-refractivity contribution in [3.63, 3.8) is 0 Å². The molecule has 38 heavy (non-hydrogen) atoms. The highest BCUT2D eigenvalue weighted by Gasteiger charge is 2.20. The molecule has 1 aliphatic heterocycles. The molecule has 6 rings (SSSR count). The van der Waals surface area contributed by atoms with Crippen molar-refractivity contribution in [1.82, 2.24) is 35.1 Å². The fourth-order valence-corrected chi connectivity index (χ4v) is 4.99. The van der Waals surface area contributed by atoms with Gasteiger partial charge in [-0.2, -0.15) is 5.10 Å². The number of aromatic amines is 2. The average Bonchev–Trinajstić information content (AvgIpc) is 3.51. The van der Waals surface area contributed by atoms with Gasteiger partial charge in [0.15, 0.2) is 17.1 Å². The third-order valence-electron chi connectivity index (χ3n) is 6.75. The fourth-order valence-electron chi connectivity index (χ4n) is 4.99. The van der Waals surface area contributed by atoms with Crippen LogP contribution in [0.5, 0.6) is 0 Å². The molecule has 1 amide bonds. The van der Waals surface area contributed by atoms with Crippen molar-refractivity contribution in [1.29, 1.82) is 0 Å². The SMILES string of the molecule is CC(C)(C)CC(=O)Nc1cncc(-c2cnc3[nH]nc(-c4nc5c(N6CCCCC6)ccnc5[nH]4)c3c2)c1. The van der Waals surface area contributed by atoms with Crippen LogP contribution >= 0.6 is 0 Å². The van der Waals surface area contributed by atoms with Crippen molar-refractivity contribution in [2.75, 3.05) is 23.3 Å². The summed E-state index contributed by atoms with van der Waals surface area (Å²) in [5, 5.41) is 11.4. The maximum Gasteiger partial charge on any atom is 0.224 e. The molecule has 1 aliphatic rings. The number of anilines is 2. The molecule has 0 bridgehead atoms. The molecule has 0 atom stereocenters. The third kappa shape index (κ3) is 4.81. The van der Waals surface area contributed by atoms with E-state index in [1.165, 1.54) is 19.3 Å². The maximum atomic E-state index is 12.4. The first-order valence-electron chi connectivity index (χ1n) is 13.0. The van der Waals surface area contributed by atoms with E-state index >= 15 is 0 Å². The second-order valence-corrected chi connectivity index (χ2v) is 11.1. The predicted octanol–water partition coefficient (Wildman–Crippen LogP) is 5.32. The summed E-state index contributed by atoms with van der Waals surface area (Å²) in [6, 6.07) is 5.97. The smallest absolute Gasteiger partial charge is 0.224 e. The predicted molar refractivity (Wildman–Crippen MR) is 149 cm³/mol. The second kappa shape index (κ2) is 9.51. The van der Waals surface area contributed by atoms with E-state index < -0.39 is 0 Å². The Morgan fingerprint density at radius 2 is 1.84 bits per heavy atom. The summed E-state index contributed by atoms with van der Waals surface area (Å²) in [4.78, 5) is 36.6. The number of nitrogens with one attached hydrogen (secondary N) is 3. The maximum absolute atomic E-state index is 12.4. The highest BCUT2D eigenvalue weighted by atomic mass is 16.1. The van der Waals surface area contributed by atoms with Crippen LogP contribution in [0.15, 0.2) is 43.0 Å². The van der Waals surface area contributed by atoms with Gasteiger partial charge in [-0.25, -0.2) is 15.0 Å². The van der Waals surface area contributed by atoms with Crippen LogP contribution in [0, 0.1) is 5.41 Å². The minimum Gasteiger partial charge on any atom is -0.370 e. The summed E-state index contributed by atoms with van der Waals surface area (Å²) in [6.45, 7) is 8.18. The molecule has 0 spiro atoms. The van der Waals surface area contributed by atoms with Crippen LogP contribution in [-0.2, 0) is 4.79 Å². The normalized spacial score (nSPS) is 14.3. The Bertz CT molecular complexity index is 1620. The van der Waals surface area contributed by atoms with Crippen LogP contribution in [0.4, 0.5) is 11.4 Å². The fraction of sp³-hybridized carbons (Fsp3) is 0.357. The number of carbonyl (C=O) groups is 1. The Balaban J connectivity index is 1.33. The van der Waals surface area contributed by atoms with Gasteiger partial charge in [-0.15, -0.1) is 0 Å². The lowest BCUT2D eigenvalue weighted by molar-refractivity contribution is -0.117. The van der Waals surface area contributed by atoms with Crippen molar-refractivity contribution in [2.24, 2.45) is 5.41 Å². The molecule has 0 saturated carbocycles. The summed E-state index contributed by atoms with van der Waals surface area (Å²) in [6.07, 6.45) is 11.1. The molecule has 194 valence electrons. The Morgan fingerprint density at radius 1 is 1.03 bits per heavy atom. The van der Waals surface area contributed by atoms with Crippen molar-refractivity contribution in [2.45, 2.75) is 46.5 Å². The Morgan fingerprint density at radius 3 is 2.66 bits per heavy atom. The van der Waals surface area contributed by atoms with Gasteiger partial charge in [0.2, 0.25) is 5.91 Å². The summed E-state index contributed by atoms with van der Waals surface area (Å²) in [5.41, 5.74) is 6.31. The molecule has 1 fully saturated rings. The van der Waals surface area contributed by atoms with Crippen molar-refractivity contribution >= 4 is 39.5 Å². The molecule has 0 aromatic carbocycles. The largest absolute Gasteiger partial charge is 0.370 e. The van der Waals surface area contributed by atoms with Crippen LogP contribution in [0.3, 0.4) is 0 Å². The van der Waals surface area contributed by atoms with Crippen molar-refractivity contribution < 1.29 is 4.79 Å². The topological polar surface area (TPSA) is 128 Å². The summed E-state index contributed by atoms with van der Waals surface area (Å²) >= 11 is 0. The number of amides is 1. The van der Waals surface area contributed by atoms with Crippen LogP contribution in [0.1, 0.15) is 46.5 Å². The van der Waals surface area contributed by atoms with Crippen molar-refractivity contribution in [3.8, 4) is 22.6 Å². The lowest BCUT2D eigenvalue weighted by Gasteiger charge is -2.28. The molecule has 5 aromatic heterocycles. The standard InChI is InChI=1S/C28H31N9O/c1-28(2,3)13-22(38)32-19-11-17(14-29-16-19)18-12-20-23(35-36-25(20)31-15-18)27-33-24-21(7-8-30-26(24)34-27)37-9-5-4-6-10-37/h7-8,11-12,14-16H,4-6,9-10,13H2,1-3H3,(H,32,38)(H,30,33,34)(H,31,35,36). The third-order valence-corrected chi connectivity index (χ3v) is 6.75. The van der Waals surface area contributed by atoms with Gasteiger partial charge in [-0.1, -0.05) is 20.8 Å². The molecular formula is C28H31N9O. The molecule has 1 saturated heterocycles. The number of hydrogen-bond donors (Lipinski definition) is 3. The van der Waals surface area contributed by atoms with Crippen LogP contribution < -0.4 is 10.2 Å². The van der Waals surface area contributed by atoms with E-state index in [9.17, 15) is 4.79 Å². The minimum absolute atomic E-state index is 0.0374. The van der Waals surface area contributed by atoms with E-state index in [4.69, 9.17) is 4.98 Å². The number of nitrogens with zero attached hydrogens (tertiary/aromatic N) is 6. The second-order valence-electron chi connectivity index (χ2n) is 11.1. The number of imidazole rings is 1. The number of pyridine rings is 3. The van der Waals surface area contributed by atoms with Gasteiger partial charge in [0.05, 0.1) is 23.0 Å². The van der Waals surface area contributed by atoms with Crippen LogP contribution in [-0.4, -0.2) is 54.1 Å². The minimum atomic E-state index is -0.0948.